The molecule has 0 aromatic heterocycles. The van der Waals surface area contributed by atoms with Gasteiger partial charge in [-0.2, -0.15) is 0 Å². The topological polar surface area (TPSA) is 37.4 Å². The lowest BCUT2D eigenvalue weighted by molar-refractivity contribution is -0.137. The molecule has 3 aliphatic rings. The van der Waals surface area contributed by atoms with Crippen LogP contribution < -0.4 is 0 Å². The summed E-state index contributed by atoms with van der Waals surface area (Å²) in [4.78, 5) is 26.1. The highest BCUT2D eigenvalue weighted by molar-refractivity contribution is 6.20. The molecule has 1 heterocycles. The summed E-state index contributed by atoms with van der Waals surface area (Å²) in [5.74, 6) is 1.61. The van der Waals surface area contributed by atoms with E-state index in [1.165, 1.54) is 4.90 Å². The highest BCUT2D eigenvalue weighted by atomic mass is 16.2. The molecule has 96 valence electrons. The van der Waals surface area contributed by atoms with E-state index in [4.69, 9.17) is 0 Å². The summed E-state index contributed by atoms with van der Waals surface area (Å²) in [5, 5.41) is 0. The Kier molecular flexibility index (Phi) is 2.47. The van der Waals surface area contributed by atoms with Crippen molar-refractivity contribution in [2.24, 2.45) is 23.7 Å². The molecule has 0 aromatic carbocycles. The molecule has 0 spiro atoms. The third-order valence-corrected chi connectivity index (χ3v) is 4.78. The van der Waals surface area contributed by atoms with Crippen LogP contribution in [0, 0.1) is 23.7 Å². The summed E-state index contributed by atoms with van der Waals surface area (Å²) >= 11 is 0. The smallest absolute Gasteiger partial charge is 0.257 e. The van der Waals surface area contributed by atoms with Gasteiger partial charge in [-0.15, -0.1) is 6.58 Å². The number of amides is 2. The van der Waals surface area contributed by atoms with Crippen LogP contribution in [0.5, 0.6) is 0 Å². The van der Waals surface area contributed by atoms with E-state index in [9.17, 15) is 9.59 Å². The Labute approximate surface area is 108 Å². The number of hydrogen-bond acceptors (Lipinski definition) is 2. The van der Waals surface area contributed by atoms with Gasteiger partial charge in [-0.3, -0.25) is 14.5 Å². The van der Waals surface area contributed by atoms with E-state index in [1.54, 1.807) is 6.08 Å². The van der Waals surface area contributed by atoms with Crippen LogP contribution in [-0.2, 0) is 9.59 Å². The van der Waals surface area contributed by atoms with Gasteiger partial charge in [0.25, 0.3) is 11.8 Å². The van der Waals surface area contributed by atoms with Crippen LogP contribution >= 0.6 is 0 Å². The third kappa shape index (κ3) is 1.25. The van der Waals surface area contributed by atoms with Crippen molar-refractivity contribution in [2.45, 2.75) is 26.7 Å². The van der Waals surface area contributed by atoms with Crippen LogP contribution in [0.1, 0.15) is 26.7 Å². The van der Waals surface area contributed by atoms with Gasteiger partial charge >= 0.3 is 0 Å². The standard InChI is InChI=1S/C15H19NO2/c1-4-7-16-14(17)12-9-5-6-10(11(9)8(2)3)13(12)15(16)18/h4,8-11H,1,5-7H2,2-3H3. The molecule has 2 unspecified atom stereocenters. The molecule has 2 amide bonds. The highest BCUT2D eigenvalue weighted by Crippen LogP contribution is 2.58. The van der Waals surface area contributed by atoms with Gasteiger partial charge in [0.05, 0.1) is 0 Å². The Morgan fingerprint density at radius 1 is 1.22 bits per heavy atom. The molecule has 2 bridgehead atoms. The maximum Gasteiger partial charge on any atom is 0.257 e. The number of rotatable bonds is 3. The van der Waals surface area contributed by atoms with Crippen LogP contribution in [0.2, 0.25) is 0 Å². The molecule has 2 aliphatic carbocycles. The lowest BCUT2D eigenvalue weighted by Crippen LogP contribution is -2.35. The SMILES string of the molecule is C=CCN1C(=O)C2=C(C1=O)C1CCC2C1C(C)C. The molecule has 0 aromatic rings. The number of nitrogens with zero attached hydrogens (tertiary/aromatic N) is 1. The van der Waals surface area contributed by atoms with Crippen LogP contribution in [0.25, 0.3) is 0 Å². The molecule has 1 aliphatic heterocycles. The number of likely N-dealkylation sites (tertiary alicyclic amines) is 1. The van der Waals surface area contributed by atoms with Crippen molar-refractivity contribution in [3.8, 4) is 0 Å². The van der Waals surface area contributed by atoms with Crippen LogP contribution in [0.4, 0.5) is 0 Å². The summed E-state index contributed by atoms with van der Waals surface area (Å²) in [6, 6.07) is 0. The highest BCUT2D eigenvalue weighted by Gasteiger charge is 2.57. The second-order valence-electron chi connectivity index (χ2n) is 5.95. The average molecular weight is 245 g/mol. The van der Waals surface area contributed by atoms with Crippen molar-refractivity contribution in [3.63, 3.8) is 0 Å². The van der Waals surface area contributed by atoms with E-state index in [0.29, 0.717) is 30.2 Å². The lowest BCUT2D eigenvalue weighted by atomic mass is 9.83. The number of carbonyl (C=O) groups is 2. The van der Waals surface area contributed by atoms with Gasteiger partial charge < -0.3 is 0 Å². The van der Waals surface area contributed by atoms with Crippen molar-refractivity contribution < 1.29 is 9.59 Å². The molecule has 3 rings (SSSR count). The van der Waals surface area contributed by atoms with Gasteiger partial charge in [-0.05, 0) is 36.5 Å². The fourth-order valence-corrected chi connectivity index (χ4v) is 4.25. The van der Waals surface area contributed by atoms with Gasteiger partial charge in [0.15, 0.2) is 0 Å². The Morgan fingerprint density at radius 3 is 2.11 bits per heavy atom. The zero-order valence-corrected chi connectivity index (χ0v) is 11.0. The minimum absolute atomic E-state index is 0.0484. The largest absolute Gasteiger partial charge is 0.271 e. The van der Waals surface area contributed by atoms with Crippen molar-refractivity contribution in [1.82, 2.24) is 4.90 Å². The molecule has 1 saturated carbocycles. The molecular weight excluding hydrogens is 226 g/mol. The molecule has 3 heteroatoms. The number of imide groups is 1. The second-order valence-corrected chi connectivity index (χ2v) is 5.95. The minimum atomic E-state index is -0.0484. The first-order valence-corrected chi connectivity index (χ1v) is 6.79. The predicted molar refractivity (Wildman–Crippen MR) is 68.5 cm³/mol. The Balaban J connectivity index is 1.98. The van der Waals surface area contributed by atoms with E-state index in [0.717, 1.165) is 24.0 Å². The molecule has 0 saturated heterocycles. The molecule has 0 N–H and O–H groups in total. The second kappa shape index (κ2) is 3.81. The maximum atomic E-state index is 12.3. The van der Waals surface area contributed by atoms with Crippen LogP contribution in [0.3, 0.4) is 0 Å². The quantitative estimate of drug-likeness (QED) is 0.564. The molecule has 18 heavy (non-hydrogen) atoms. The van der Waals surface area contributed by atoms with Gasteiger partial charge in [-0.25, -0.2) is 0 Å². The molecular formula is C15H19NO2. The van der Waals surface area contributed by atoms with Crippen molar-refractivity contribution in [1.29, 1.82) is 0 Å². The zero-order valence-electron chi connectivity index (χ0n) is 11.0. The number of hydrogen-bond donors (Lipinski definition) is 0. The lowest BCUT2D eigenvalue weighted by Gasteiger charge is -2.25. The summed E-state index contributed by atoms with van der Waals surface area (Å²) in [5.41, 5.74) is 1.69. The number of fused-ring (bicyclic) bond motifs is 4. The normalized spacial score (nSPS) is 33.9. The zero-order chi connectivity index (χ0) is 13.0. The summed E-state index contributed by atoms with van der Waals surface area (Å²) in [6.45, 7) is 8.37. The first-order chi connectivity index (χ1) is 8.57. The van der Waals surface area contributed by atoms with E-state index >= 15 is 0 Å². The first-order valence-electron chi connectivity index (χ1n) is 6.79. The summed E-state index contributed by atoms with van der Waals surface area (Å²) < 4.78 is 0. The van der Waals surface area contributed by atoms with Crippen molar-refractivity contribution >= 4 is 11.8 Å². The summed E-state index contributed by atoms with van der Waals surface area (Å²) in [6.07, 6.45) is 3.78. The summed E-state index contributed by atoms with van der Waals surface area (Å²) in [7, 11) is 0. The maximum absolute atomic E-state index is 12.3. The first kappa shape index (κ1) is 11.7. The van der Waals surface area contributed by atoms with Gasteiger partial charge in [0.2, 0.25) is 0 Å². The predicted octanol–water partition coefficient (Wildman–Crippen LogP) is 2.15. The van der Waals surface area contributed by atoms with Crippen molar-refractivity contribution in [3.05, 3.63) is 23.8 Å². The van der Waals surface area contributed by atoms with Gasteiger partial charge in [0, 0.05) is 17.7 Å². The van der Waals surface area contributed by atoms with E-state index in [2.05, 4.69) is 20.4 Å². The molecule has 3 nitrogen and oxygen atoms in total. The Hall–Kier alpha value is -1.38. The molecule has 2 atom stereocenters. The molecule has 1 fully saturated rings. The van der Waals surface area contributed by atoms with E-state index in [1.807, 2.05) is 0 Å². The number of carbonyl (C=O) groups excluding carboxylic acids is 2. The Morgan fingerprint density at radius 2 is 1.72 bits per heavy atom. The van der Waals surface area contributed by atoms with Gasteiger partial charge in [0.1, 0.15) is 0 Å². The average Bonchev–Trinajstić information content (AvgIpc) is 2.95. The Bertz CT molecular complexity index is 441. The van der Waals surface area contributed by atoms with E-state index < -0.39 is 0 Å². The molecule has 0 radical (unpaired) electrons. The van der Waals surface area contributed by atoms with Crippen molar-refractivity contribution in [2.75, 3.05) is 6.54 Å². The third-order valence-electron chi connectivity index (χ3n) is 4.78. The monoisotopic (exact) mass is 245 g/mol. The fraction of sp³-hybridized carbons (Fsp3) is 0.600. The fourth-order valence-electron chi connectivity index (χ4n) is 4.25. The van der Waals surface area contributed by atoms with E-state index in [-0.39, 0.29) is 11.8 Å². The minimum Gasteiger partial charge on any atom is -0.271 e. The van der Waals surface area contributed by atoms with Crippen LogP contribution in [0.15, 0.2) is 23.8 Å². The van der Waals surface area contributed by atoms with Crippen LogP contribution in [-0.4, -0.2) is 23.3 Å². The van der Waals surface area contributed by atoms with Gasteiger partial charge in [-0.1, -0.05) is 19.9 Å².